The fraction of sp³-hybridized carbons (Fsp3) is 0.154. The molecule has 0 saturated carbocycles. The van der Waals surface area contributed by atoms with Crippen molar-refractivity contribution in [3.8, 4) is 5.75 Å². The summed E-state index contributed by atoms with van der Waals surface area (Å²) in [5.41, 5.74) is 2.18. The van der Waals surface area contributed by atoms with Gasteiger partial charge in [-0.05, 0) is 36.3 Å². The normalized spacial score (nSPS) is 11.1. The highest BCUT2D eigenvalue weighted by molar-refractivity contribution is 5.66. The number of carbonyl (C=O) groups excluding carboxylic acids is 1. The molecule has 0 aliphatic carbocycles. The summed E-state index contributed by atoms with van der Waals surface area (Å²) in [4.78, 5) is 10.0. The van der Waals surface area contributed by atoms with E-state index in [2.05, 4.69) is 0 Å². The molecular formula is C13H14O2. The predicted octanol–water partition coefficient (Wildman–Crippen LogP) is 2.77. The minimum Gasteiger partial charge on any atom is -0.496 e. The van der Waals surface area contributed by atoms with Crippen molar-refractivity contribution in [3.63, 3.8) is 0 Å². The molecule has 1 aromatic rings. The number of carbonyl (C=O) groups is 1. The fourth-order valence-electron chi connectivity index (χ4n) is 1.28. The van der Waals surface area contributed by atoms with Crippen LogP contribution in [0.5, 0.6) is 5.75 Å². The lowest BCUT2D eigenvalue weighted by molar-refractivity contribution is -0.104. The number of aryl methyl sites for hydroxylation is 1. The summed E-state index contributed by atoms with van der Waals surface area (Å²) in [6, 6.07) is 5.93. The summed E-state index contributed by atoms with van der Waals surface area (Å²) < 4.78 is 5.16. The summed E-state index contributed by atoms with van der Waals surface area (Å²) in [7, 11) is 1.66. The molecule has 0 fully saturated rings. The van der Waals surface area contributed by atoms with E-state index < -0.39 is 0 Å². The lowest BCUT2D eigenvalue weighted by atomic mass is 10.1. The largest absolute Gasteiger partial charge is 0.496 e. The number of aldehydes is 1. The molecular weight excluding hydrogens is 188 g/mol. The number of methoxy groups -OCH3 is 1. The van der Waals surface area contributed by atoms with Gasteiger partial charge >= 0.3 is 0 Å². The van der Waals surface area contributed by atoms with E-state index in [1.165, 1.54) is 6.08 Å². The van der Waals surface area contributed by atoms with Crippen molar-refractivity contribution in [2.24, 2.45) is 0 Å². The van der Waals surface area contributed by atoms with Crippen LogP contribution in [0.1, 0.15) is 11.1 Å². The van der Waals surface area contributed by atoms with Gasteiger partial charge in [-0.15, -0.1) is 0 Å². The van der Waals surface area contributed by atoms with Crippen LogP contribution < -0.4 is 4.74 Å². The number of benzene rings is 1. The van der Waals surface area contributed by atoms with Gasteiger partial charge in [0, 0.05) is 0 Å². The number of ether oxygens (including phenoxy) is 1. The molecule has 0 spiro atoms. The summed E-state index contributed by atoms with van der Waals surface area (Å²) in [5.74, 6) is 0.885. The first kappa shape index (κ1) is 11.2. The first-order valence-corrected chi connectivity index (χ1v) is 4.71. The van der Waals surface area contributed by atoms with Crippen LogP contribution in [0.25, 0.3) is 6.08 Å². The highest BCUT2D eigenvalue weighted by Gasteiger charge is 1.96. The number of hydrogen-bond acceptors (Lipinski definition) is 2. The number of rotatable bonds is 4. The second-order valence-corrected chi connectivity index (χ2v) is 3.11. The van der Waals surface area contributed by atoms with E-state index in [4.69, 9.17) is 4.74 Å². The third-order valence-electron chi connectivity index (χ3n) is 2.01. The molecule has 78 valence electrons. The molecule has 1 rings (SSSR count). The maximum Gasteiger partial charge on any atom is 0.142 e. The Kier molecular flexibility index (Phi) is 4.35. The third kappa shape index (κ3) is 3.43. The molecule has 0 aliphatic heterocycles. The third-order valence-corrected chi connectivity index (χ3v) is 2.01. The summed E-state index contributed by atoms with van der Waals surface area (Å²) >= 11 is 0. The van der Waals surface area contributed by atoms with Crippen molar-refractivity contribution >= 4 is 12.4 Å². The molecule has 0 aliphatic rings. The Hall–Kier alpha value is -1.83. The predicted molar refractivity (Wildman–Crippen MR) is 62.0 cm³/mol. The van der Waals surface area contributed by atoms with Crippen LogP contribution in [-0.4, -0.2) is 13.4 Å². The highest BCUT2D eigenvalue weighted by atomic mass is 16.5. The average molecular weight is 202 g/mol. The van der Waals surface area contributed by atoms with Crippen molar-refractivity contribution < 1.29 is 9.53 Å². The van der Waals surface area contributed by atoms with Gasteiger partial charge in [0.2, 0.25) is 0 Å². The maximum atomic E-state index is 10.0. The summed E-state index contributed by atoms with van der Waals surface area (Å²) in [6.07, 6.45) is 7.67. The second-order valence-electron chi connectivity index (χ2n) is 3.11. The molecule has 0 bridgehead atoms. The molecule has 0 unspecified atom stereocenters. The van der Waals surface area contributed by atoms with Crippen molar-refractivity contribution in [2.45, 2.75) is 6.92 Å². The molecule has 0 heterocycles. The van der Waals surface area contributed by atoms with Gasteiger partial charge in [-0.1, -0.05) is 24.3 Å². The lowest BCUT2D eigenvalue weighted by Gasteiger charge is -2.04. The van der Waals surface area contributed by atoms with Gasteiger partial charge in [-0.2, -0.15) is 0 Å². The van der Waals surface area contributed by atoms with Crippen molar-refractivity contribution in [1.29, 1.82) is 0 Å². The van der Waals surface area contributed by atoms with Gasteiger partial charge in [-0.3, -0.25) is 4.79 Å². The second kappa shape index (κ2) is 5.81. The Bertz CT molecular complexity index is 390. The molecule has 2 nitrogen and oxygen atoms in total. The smallest absolute Gasteiger partial charge is 0.142 e. The summed E-state index contributed by atoms with van der Waals surface area (Å²) in [6.45, 7) is 2.00. The molecule has 0 amide bonds. The van der Waals surface area contributed by atoms with E-state index in [1.807, 2.05) is 37.3 Å². The molecule has 15 heavy (non-hydrogen) atoms. The Morgan fingerprint density at radius 1 is 1.20 bits per heavy atom. The first-order valence-electron chi connectivity index (χ1n) is 4.71. The van der Waals surface area contributed by atoms with Gasteiger partial charge in [0.05, 0.1) is 7.11 Å². The molecule has 0 N–H and O–H groups in total. The topological polar surface area (TPSA) is 26.3 Å². The Balaban J connectivity index is 2.79. The zero-order chi connectivity index (χ0) is 11.1. The molecule has 0 radical (unpaired) electrons. The SMILES string of the molecule is COc1ccc(/C=C/C=C/C=O)cc1C. The zero-order valence-corrected chi connectivity index (χ0v) is 8.94. The van der Waals surface area contributed by atoms with Crippen molar-refractivity contribution in [3.05, 3.63) is 47.6 Å². The standard InChI is InChI=1S/C13H14O2/c1-11-10-12(6-4-3-5-9-14)7-8-13(11)15-2/h3-10H,1-2H3/b5-3+,6-4+. The van der Waals surface area contributed by atoms with E-state index in [1.54, 1.807) is 13.2 Å². The minimum absolute atomic E-state index is 0.754. The molecule has 0 aromatic heterocycles. The van der Waals surface area contributed by atoms with Gasteiger partial charge in [0.1, 0.15) is 12.0 Å². The van der Waals surface area contributed by atoms with Crippen molar-refractivity contribution in [2.75, 3.05) is 7.11 Å². The molecule has 0 atom stereocenters. The first-order chi connectivity index (χ1) is 7.27. The fourth-order valence-corrected chi connectivity index (χ4v) is 1.28. The van der Waals surface area contributed by atoms with Crippen LogP contribution in [0.2, 0.25) is 0 Å². The van der Waals surface area contributed by atoms with E-state index in [9.17, 15) is 4.79 Å². The highest BCUT2D eigenvalue weighted by Crippen LogP contribution is 2.18. The average Bonchev–Trinajstić information content (AvgIpc) is 2.25. The van der Waals surface area contributed by atoms with Crippen LogP contribution in [0.4, 0.5) is 0 Å². The molecule has 2 heteroatoms. The van der Waals surface area contributed by atoms with E-state index in [-0.39, 0.29) is 0 Å². The van der Waals surface area contributed by atoms with Crippen molar-refractivity contribution in [1.82, 2.24) is 0 Å². The maximum absolute atomic E-state index is 10.0. The van der Waals surface area contributed by atoms with Crippen LogP contribution in [0.15, 0.2) is 36.4 Å². The van der Waals surface area contributed by atoms with Gasteiger partial charge < -0.3 is 4.74 Å². The number of hydrogen-bond donors (Lipinski definition) is 0. The quantitative estimate of drug-likeness (QED) is 0.426. The zero-order valence-electron chi connectivity index (χ0n) is 8.94. The van der Waals surface area contributed by atoms with Gasteiger partial charge in [-0.25, -0.2) is 0 Å². The molecule has 0 saturated heterocycles. The van der Waals surface area contributed by atoms with Crippen LogP contribution in [0.3, 0.4) is 0 Å². The Labute approximate surface area is 89.9 Å². The van der Waals surface area contributed by atoms with Crippen LogP contribution in [0, 0.1) is 6.92 Å². The Morgan fingerprint density at radius 3 is 2.60 bits per heavy atom. The van der Waals surface area contributed by atoms with E-state index in [0.717, 1.165) is 23.2 Å². The molecule has 1 aromatic carbocycles. The lowest BCUT2D eigenvalue weighted by Crippen LogP contribution is -1.86. The Morgan fingerprint density at radius 2 is 2.00 bits per heavy atom. The minimum atomic E-state index is 0.754. The monoisotopic (exact) mass is 202 g/mol. The van der Waals surface area contributed by atoms with Crippen LogP contribution in [-0.2, 0) is 4.79 Å². The summed E-state index contributed by atoms with van der Waals surface area (Å²) in [5, 5.41) is 0. The van der Waals surface area contributed by atoms with Gasteiger partial charge in [0.25, 0.3) is 0 Å². The van der Waals surface area contributed by atoms with Gasteiger partial charge in [0.15, 0.2) is 0 Å². The van der Waals surface area contributed by atoms with E-state index >= 15 is 0 Å². The van der Waals surface area contributed by atoms with Crippen LogP contribution >= 0.6 is 0 Å². The van der Waals surface area contributed by atoms with E-state index in [0.29, 0.717) is 0 Å². The number of allylic oxidation sites excluding steroid dienone is 3.